The van der Waals surface area contributed by atoms with Crippen LogP contribution >= 0.6 is 0 Å². The molecule has 184 valence electrons. The summed E-state index contributed by atoms with van der Waals surface area (Å²) in [6, 6.07) is 11.3. The van der Waals surface area contributed by atoms with Gasteiger partial charge in [0.2, 0.25) is 0 Å². The van der Waals surface area contributed by atoms with Crippen LogP contribution in [-0.4, -0.2) is 52.8 Å². The lowest BCUT2D eigenvalue weighted by atomic mass is 10.1. The average Bonchev–Trinajstić information content (AvgIpc) is 2.84. The third-order valence-corrected chi connectivity index (χ3v) is 5.29. The molecule has 11 heteroatoms. The van der Waals surface area contributed by atoms with Gasteiger partial charge in [0.15, 0.2) is 11.6 Å². The van der Waals surface area contributed by atoms with Crippen LogP contribution in [0.25, 0.3) is 10.8 Å². The number of carbonyl (C=O) groups is 3. The van der Waals surface area contributed by atoms with Gasteiger partial charge >= 0.3 is 18.1 Å². The number of hydrogen-bond acceptors (Lipinski definition) is 5. The number of hydrogen-bond donors (Lipinski definition) is 3. The Hall–Kier alpha value is -4.28. The fourth-order valence-corrected chi connectivity index (χ4v) is 3.29. The minimum absolute atomic E-state index is 0.00488. The maximum Gasteiger partial charge on any atom is 0.412 e. The van der Waals surface area contributed by atoms with E-state index in [-0.39, 0.29) is 37.4 Å². The summed E-state index contributed by atoms with van der Waals surface area (Å²) in [5.41, 5.74) is -0.0488. The molecule has 1 heterocycles. The second kappa shape index (κ2) is 11.7. The van der Waals surface area contributed by atoms with E-state index in [1.807, 2.05) is 24.3 Å². The van der Waals surface area contributed by atoms with Crippen molar-refractivity contribution >= 4 is 34.7 Å². The van der Waals surface area contributed by atoms with Crippen LogP contribution in [0.1, 0.15) is 18.4 Å². The molecule has 0 fully saturated rings. The standard InChI is InChI=1S/C24H24F2N4O5/c1-30(23(33)28-13-17-7-4-8-19(25)22(17)26)18(9-10-21(31)32)14-35-24(34)29-20-11-15-5-2-3-6-16(15)12-27-20/h2-8,11-12,18H,9-10,13-14H2,1H3,(H,28,33)(H,31,32)(H,27,29,34)/t18-/m0/s1. The Kier molecular flexibility index (Phi) is 8.49. The van der Waals surface area contributed by atoms with E-state index in [0.29, 0.717) is 0 Å². The van der Waals surface area contributed by atoms with Crippen molar-refractivity contribution in [3.63, 3.8) is 0 Å². The van der Waals surface area contributed by atoms with Crippen molar-refractivity contribution in [3.8, 4) is 0 Å². The predicted molar refractivity (Wildman–Crippen MR) is 124 cm³/mol. The number of carboxylic acid groups (broad SMARTS) is 1. The smallest absolute Gasteiger partial charge is 0.412 e. The van der Waals surface area contributed by atoms with Crippen molar-refractivity contribution in [1.82, 2.24) is 15.2 Å². The van der Waals surface area contributed by atoms with Crippen molar-refractivity contribution in [2.24, 2.45) is 0 Å². The topological polar surface area (TPSA) is 121 Å². The number of urea groups is 1. The van der Waals surface area contributed by atoms with E-state index in [0.717, 1.165) is 21.7 Å². The summed E-state index contributed by atoms with van der Waals surface area (Å²) >= 11 is 0. The molecular weight excluding hydrogens is 462 g/mol. The molecule has 3 N–H and O–H groups in total. The van der Waals surface area contributed by atoms with Gasteiger partial charge in [-0.3, -0.25) is 10.1 Å². The quantitative estimate of drug-likeness (QED) is 0.418. The molecule has 0 aliphatic heterocycles. The summed E-state index contributed by atoms with van der Waals surface area (Å²) in [6.07, 6.45) is 0.483. The molecular formula is C24H24F2N4O5. The van der Waals surface area contributed by atoms with E-state index >= 15 is 0 Å². The maximum atomic E-state index is 13.8. The lowest BCUT2D eigenvalue weighted by Gasteiger charge is -2.27. The summed E-state index contributed by atoms with van der Waals surface area (Å²) in [4.78, 5) is 41.2. The molecule has 3 rings (SSSR count). The molecule has 35 heavy (non-hydrogen) atoms. The highest BCUT2D eigenvalue weighted by Crippen LogP contribution is 2.16. The minimum Gasteiger partial charge on any atom is -0.481 e. The van der Waals surface area contributed by atoms with E-state index in [9.17, 15) is 23.2 Å². The van der Waals surface area contributed by atoms with Gasteiger partial charge in [0.25, 0.3) is 0 Å². The molecule has 0 saturated heterocycles. The number of fused-ring (bicyclic) bond motifs is 1. The number of carboxylic acids is 1. The van der Waals surface area contributed by atoms with Gasteiger partial charge in [-0.1, -0.05) is 36.4 Å². The Labute approximate surface area is 199 Å². The molecule has 0 saturated carbocycles. The number of ether oxygens (including phenoxy) is 1. The van der Waals surface area contributed by atoms with Crippen LogP contribution in [0.5, 0.6) is 0 Å². The zero-order valence-electron chi connectivity index (χ0n) is 18.8. The average molecular weight is 486 g/mol. The Morgan fingerprint density at radius 3 is 2.60 bits per heavy atom. The van der Waals surface area contributed by atoms with Gasteiger partial charge in [-0.2, -0.15) is 0 Å². The molecule has 0 unspecified atom stereocenters. The molecule has 0 bridgehead atoms. The number of anilines is 1. The molecule has 3 aromatic rings. The number of nitrogens with one attached hydrogen (secondary N) is 2. The highest BCUT2D eigenvalue weighted by molar-refractivity contribution is 5.89. The molecule has 1 aromatic heterocycles. The minimum atomic E-state index is -1.09. The number of nitrogens with zero attached hydrogens (tertiary/aromatic N) is 2. The Morgan fingerprint density at radius 1 is 1.11 bits per heavy atom. The van der Waals surface area contributed by atoms with Crippen LogP contribution in [0.15, 0.2) is 54.7 Å². The summed E-state index contributed by atoms with van der Waals surface area (Å²) < 4.78 is 32.4. The number of rotatable bonds is 9. The van der Waals surface area contributed by atoms with Gasteiger partial charge in [-0.25, -0.2) is 23.4 Å². The lowest BCUT2D eigenvalue weighted by molar-refractivity contribution is -0.137. The first-order chi connectivity index (χ1) is 16.7. The van der Waals surface area contributed by atoms with Gasteiger partial charge in [-0.15, -0.1) is 0 Å². The first kappa shape index (κ1) is 25.3. The second-order valence-electron chi connectivity index (χ2n) is 7.71. The highest BCUT2D eigenvalue weighted by atomic mass is 19.2. The summed E-state index contributed by atoms with van der Waals surface area (Å²) in [5, 5.41) is 15.7. The van der Waals surface area contributed by atoms with Gasteiger partial charge in [0.1, 0.15) is 12.4 Å². The summed E-state index contributed by atoms with van der Waals surface area (Å²) in [6.45, 7) is -0.585. The van der Waals surface area contributed by atoms with Crippen LogP contribution in [0, 0.1) is 11.6 Å². The monoisotopic (exact) mass is 486 g/mol. The normalized spacial score (nSPS) is 11.5. The second-order valence-corrected chi connectivity index (χ2v) is 7.71. The zero-order chi connectivity index (χ0) is 25.4. The molecule has 0 spiro atoms. The Morgan fingerprint density at radius 2 is 1.86 bits per heavy atom. The molecule has 1 atom stereocenters. The maximum absolute atomic E-state index is 13.8. The van der Waals surface area contributed by atoms with Crippen LogP contribution < -0.4 is 10.6 Å². The number of likely N-dealkylation sites (N-methyl/N-ethyl adjacent to an activating group) is 1. The van der Waals surface area contributed by atoms with E-state index in [4.69, 9.17) is 9.84 Å². The van der Waals surface area contributed by atoms with Gasteiger partial charge in [-0.05, 0) is 23.9 Å². The summed E-state index contributed by atoms with van der Waals surface area (Å²) in [5.74, 6) is -2.93. The molecule has 0 aliphatic carbocycles. The predicted octanol–water partition coefficient (Wildman–Crippen LogP) is 4.14. The first-order valence-electron chi connectivity index (χ1n) is 10.7. The van der Waals surface area contributed by atoms with Crippen molar-refractivity contribution in [1.29, 1.82) is 0 Å². The molecule has 9 nitrogen and oxygen atoms in total. The number of halogens is 2. The van der Waals surface area contributed by atoms with E-state index < -0.39 is 35.8 Å². The summed E-state index contributed by atoms with van der Waals surface area (Å²) in [7, 11) is 1.38. The van der Waals surface area contributed by atoms with Crippen LogP contribution in [0.4, 0.5) is 24.2 Å². The van der Waals surface area contributed by atoms with Crippen molar-refractivity contribution < 1.29 is 33.0 Å². The van der Waals surface area contributed by atoms with Crippen LogP contribution in [-0.2, 0) is 16.1 Å². The van der Waals surface area contributed by atoms with Gasteiger partial charge in [0, 0.05) is 37.2 Å². The van der Waals surface area contributed by atoms with Crippen molar-refractivity contribution in [3.05, 3.63) is 71.9 Å². The molecule has 2 aromatic carbocycles. The number of pyridine rings is 1. The van der Waals surface area contributed by atoms with E-state index in [2.05, 4.69) is 15.6 Å². The van der Waals surface area contributed by atoms with Crippen molar-refractivity contribution in [2.75, 3.05) is 19.0 Å². The van der Waals surface area contributed by atoms with Crippen LogP contribution in [0.2, 0.25) is 0 Å². The zero-order valence-corrected chi connectivity index (χ0v) is 18.8. The fourth-order valence-electron chi connectivity index (χ4n) is 3.29. The Bertz CT molecular complexity index is 1220. The van der Waals surface area contributed by atoms with E-state index in [1.165, 1.54) is 19.2 Å². The number of benzene rings is 2. The van der Waals surface area contributed by atoms with Gasteiger partial charge in [0.05, 0.1) is 6.04 Å². The van der Waals surface area contributed by atoms with E-state index in [1.54, 1.807) is 12.3 Å². The first-order valence-corrected chi connectivity index (χ1v) is 10.7. The fraction of sp³-hybridized carbons (Fsp3) is 0.250. The SMILES string of the molecule is CN(C(=O)NCc1cccc(F)c1F)[C@@H](CCC(=O)O)COC(=O)Nc1cc2ccccc2cn1. The number of carbonyl (C=O) groups excluding carboxylic acids is 2. The number of aliphatic carboxylic acids is 1. The Balaban J connectivity index is 1.58. The molecule has 0 radical (unpaired) electrons. The number of amides is 3. The van der Waals surface area contributed by atoms with Crippen LogP contribution in [0.3, 0.4) is 0 Å². The third-order valence-electron chi connectivity index (χ3n) is 5.29. The van der Waals surface area contributed by atoms with Crippen molar-refractivity contribution in [2.45, 2.75) is 25.4 Å². The molecule has 0 aliphatic rings. The lowest BCUT2D eigenvalue weighted by Crippen LogP contribution is -2.46. The van der Waals surface area contributed by atoms with Gasteiger partial charge < -0.3 is 20.1 Å². The molecule has 3 amide bonds. The third kappa shape index (κ3) is 7.10. The number of aromatic nitrogens is 1. The largest absolute Gasteiger partial charge is 0.481 e. The highest BCUT2D eigenvalue weighted by Gasteiger charge is 2.23.